The highest BCUT2D eigenvalue weighted by Crippen LogP contribution is 2.33. The van der Waals surface area contributed by atoms with Gasteiger partial charge in [-0.3, -0.25) is 4.79 Å². The summed E-state index contributed by atoms with van der Waals surface area (Å²) >= 11 is 3.43. The molecule has 1 rings (SSSR count). The monoisotopic (exact) mass is 399 g/mol. The molecule has 4 nitrogen and oxygen atoms in total. The summed E-state index contributed by atoms with van der Waals surface area (Å²) in [5.74, 6) is 1.89. The molecule has 1 amide bonds. The summed E-state index contributed by atoms with van der Waals surface area (Å²) in [7, 11) is 3.45. The number of hydrogen-bond donors (Lipinski definition) is 0. The van der Waals surface area contributed by atoms with Gasteiger partial charge in [-0.05, 0) is 47.3 Å². The summed E-state index contributed by atoms with van der Waals surface area (Å²) in [5.41, 5.74) is -0.926. The molecule has 1 aromatic rings. The second-order valence-electron chi connectivity index (χ2n) is 7.07. The molecular formula is C19H30BrNO3. The predicted molar refractivity (Wildman–Crippen MR) is 102 cm³/mol. The number of benzene rings is 1. The smallest absolute Gasteiger partial charge is 0.266 e. The van der Waals surface area contributed by atoms with Gasteiger partial charge >= 0.3 is 0 Å². The van der Waals surface area contributed by atoms with Gasteiger partial charge in [-0.1, -0.05) is 27.7 Å². The molecule has 0 saturated carbocycles. The van der Waals surface area contributed by atoms with Gasteiger partial charge in [0.25, 0.3) is 5.91 Å². The second kappa shape index (κ2) is 8.75. The van der Waals surface area contributed by atoms with E-state index in [-0.39, 0.29) is 11.8 Å². The molecule has 0 aromatic heterocycles. The lowest BCUT2D eigenvalue weighted by Gasteiger charge is -2.36. The van der Waals surface area contributed by atoms with Gasteiger partial charge in [0.15, 0.2) is 5.60 Å². The summed E-state index contributed by atoms with van der Waals surface area (Å²) in [5, 5.41) is 0. The predicted octanol–water partition coefficient (Wildman–Crippen LogP) is 4.76. The van der Waals surface area contributed by atoms with Crippen LogP contribution in [0.25, 0.3) is 0 Å². The fourth-order valence-corrected chi connectivity index (χ4v) is 2.70. The van der Waals surface area contributed by atoms with E-state index in [9.17, 15) is 4.79 Å². The third-order valence-electron chi connectivity index (χ3n) is 4.37. The van der Waals surface area contributed by atoms with Crippen LogP contribution < -0.4 is 9.47 Å². The first kappa shape index (κ1) is 20.8. The van der Waals surface area contributed by atoms with E-state index in [1.807, 2.05) is 40.0 Å². The molecule has 0 N–H and O–H groups in total. The first-order valence-electron chi connectivity index (χ1n) is 8.40. The maximum absolute atomic E-state index is 13.0. The number of amides is 1. The van der Waals surface area contributed by atoms with E-state index in [0.29, 0.717) is 17.4 Å². The van der Waals surface area contributed by atoms with Crippen molar-refractivity contribution in [1.82, 2.24) is 4.90 Å². The first-order chi connectivity index (χ1) is 11.1. The van der Waals surface area contributed by atoms with Gasteiger partial charge in [0.05, 0.1) is 11.6 Å². The van der Waals surface area contributed by atoms with Crippen molar-refractivity contribution in [3.05, 3.63) is 22.7 Å². The van der Waals surface area contributed by atoms with E-state index in [2.05, 4.69) is 29.8 Å². The van der Waals surface area contributed by atoms with Crippen molar-refractivity contribution < 1.29 is 14.3 Å². The Morgan fingerprint density at radius 3 is 2.42 bits per heavy atom. The summed E-state index contributed by atoms with van der Waals surface area (Å²) in [6, 6.07) is 5.50. The van der Waals surface area contributed by atoms with Gasteiger partial charge in [-0.2, -0.15) is 0 Å². The Balaban J connectivity index is 3.01. The molecule has 5 heteroatoms. The van der Waals surface area contributed by atoms with Crippen LogP contribution in [0.5, 0.6) is 11.5 Å². The van der Waals surface area contributed by atoms with E-state index >= 15 is 0 Å². The van der Waals surface area contributed by atoms with Gasteiger partial charge in [-0.25, -0.2) is 0 Å². The van der Waals surface area contributed by atoms with Crippen LogP contribution in [0.3, 0.4) is 0 Å². The standard InChI is InChI=1S/C19H30BrNO3/c1-13(2)10-11-21(6)18(22)19(5,14(3)4)24-15-8-9-16(20)17(12-15)23-7/h8-9,12-14H,10-11H2,1-7H3. The average Bonchev–Trinajstić information content (AvgIpc) is 2.53. The van der Waals surface area contributed by atoms with Crippen molar-refractivity contribution >= 4 is 21.8 Å². The van der Waals surface area contributed by atoms with Gasteiger partial charge in [0, 0.05) is 25.6 Å². The number of likely N-dealkylation sites (N-methyl/N-ethyl adjacent to an activating group) is 1. The minimum absolute atomic E-state index is 0.0000330. The van der Waals surface area contributed by atoms with Crippen molar-refractivity contribution in [2.75, 3.05) is 20.7 Å². The Bertz CT molecular complexity index is 560. The molecule has 136 valence electrons. The summed E-state index contributed by atoms with van der Waals surface area (Å²) in [6.07, 6.45) is 0.975. The Labute approximate surface area is 154 Å². The van der Waals surface area contributed by atoms with Gasteiger partial charge in [0.1, 0.15) is 11.5 Å². The lowest BCUT2D eigenvalue weighted by molar-refractivity contribution is -0.149. The summed E-state index contributed by atoms with van der Waals surface area (Å²) in [6.45, 7) is 10.9. The average molecular weight is 400 g/mol. The number of halogens is 1. The second-order valence-corrected chi connectivity index (χ2v) is 7.92. The number of nitrogens with zero attached hydrogens (tertiary/aromatic N) is 1. The highest BCUT2D eigenvalue weighted by Gasteiger charge is 2.41. The fourth-order valence-electron chi connectivity index (χ4n) is 2.29. The van der Waals surface area contributed by atoms with E-state index < -0.39 is 5.60 Å². The van der Waals surface area contributed by atoms with Gasteiger partial charge < -0.3 is 14.4 Å². The van der Waals surface area contributed by atoms with E-state index in [1.54, 1.807) is 18.1 Å². The quantitative estimate of drug-likeness (QED) is 0.632. The number of ether oxygens (including phenoxy) is 2. The van der Waals surface area contributed by atoms with Crippen molar-refractivity contribution in [2.24, 2.45) is 11.8 Å². The minimum Gasteiger partial charge on any atom is -0.495 e. The molecule has 0 fully saturated rings. The van der Waals surface area contributed by atoms with Gasteiger partial charge in [0.2, 0.25) is 0 Å². The molecule has 1 aromatic carbocycles. The van der Waals surface area contributed by atoms with Gasteiger partial charge in [-0.15, -0.1) is 0 Å². The first-order valence-corrected chi connectivity index (χ1v) is 9.19. The molecule has 0 bridgehead atoms. The number of methoxy groups -OCH3 is 1. The zero-order valence-corrected chi connectivity index (χ0v) is 17.4. The van der Waals surface area contributed by atoms with Crippen molar-refractivity contribution in [3.8, 4) is 11.5 Å². The SMILES string of the molecule is COc1cc(OC(C)(C(=O)N(C)CCC(C)C)C(C)C)ccc1Br. The number of carbonyl (C=O) groups is 1. The molecule has 0 saturated heterocycles. The fraction of sp³-hybridized carbons (Fsp3) is 0.632. The van der Waals surface area contributed by atoms with Crippen molar-refractivity contribution in [1.29, 1.82) is 0 Å². The van der Waals surface area contributed by atoms with Crippen LogP contribution >= 0.6 is 15.9 Å². The number of hydrogen-bond acceptors (Lipinski definition) is 3. The van der Waals surface area contributed by atoms with Crippen molar-refractivity contribution in [3.63, 3.8) is 0 Å². The molecule has 0 radical (unpaired) electrons. The Hall–Kier alpha value is -1.23. The lowest BCUT2D eigenvalue weighted by atomic mass is 9.90. The van der Waals surface area contributed by atoms with Crippen LogP contribution in [-0.4, -0.2) is 37.1 Å². The van der Waals surface area contributed by atoms with Crippen LogP contribution in [0, 0.1) is 11.8 Å². The number of rotatable bonds is 8. The third kappa shape index (κ3) is 5.13. The minimum atomic E-state index is -0.926. The highest BCUT2D eigenvalue weighted by molar-refractivity contribution is 9.10. The van der Waals surface area contributed by atoms with E-state index in [4.69, 9.17) is 9.47 Å². The highest BCUT2D eigenvalue weighted by atomic mass is 79.9. The molecule has 0 heterocycles. The maximum Gasteiger partial charge on any atom is 0.266 e. The largest absolute Gasteiger partial charge is 0.495 e. The van der Waals surface area contributed by atoms with Crippen LogP contribution in [0.15, 0.2) is 22.7 Å². The van der Waals surface area contributed by atoms with Crippen LogP contribution in [0.2, 0.25) is 0 Å². The normalized spacial score (nSPS) is 13.8. The molecule has 1 unspecified atom stereocenters. The third-order valence-corrected chi connectivity index (χ3v) is 5.02. The van der Waals surface area contributed by atoms with Crippen LogP contribution in [0.1, 0.15) is 41.0 Å². The molecule has 0 spiro atoms. The molecule has 0 aliphatic rings. The Morgan fingerprint density at radius 2 is 1.92 bits per heavy atom. The zero-order valence-electron chi connectivity index (χ0n) is 15.9. The van der Waals surface area contributed by atoms with E-state index in [1.165, 1.54) is 0 Å². The maximum atomic E-state index is 13.0. The molecule has 1 atom stereocenters. The van der Waals surface area contributed by atoms with Crippen LogP contribution in [-0.2, 0) is 4.79 Å². The van der Waals surface area contributed by atoms with E-state index in [0.717, 1.165) is 17.4 Å². The topological polar surface area (TPSA) is 38.8 Å². The number of carbonyl (C=O) groups excluding carboxylic acids is 1. The summed E-state index contributed by atoms with van der Waals surface area (Å²) < 4.78 is 12.3. The van der Waals surface area contributed by atoms with Crippen LogP contribution in [0.4, 0.5) is 0 Å². The molecular weight excluding hydrogens is 370 g/mol. The van der Waals surface area contributed by atoms with Crippen molar-refractivity contribution in [2.45, 2.75) is 46.6 Å². The summed E-state index contributed by atoms with van der Waals surface area (Å²) in [4.78, 5) is 14.8. The lowest BCUT2D eigenvalue weighted by Crippen LogP contribution is -2.53. The molecule has 0 aliphatic carbocycles. The Morgan fingerprint density at radius 1 is 1.29 bits per heavy atom. The molecule has 0 aliphatic heterocycles. The Kier molecular flexibility index (Phi) is 7.58. The zero-order chi connectivity index (χ0) is 18.5. The molecule has 24 heavy (non-hydrogen) atoms.